The molecule has 1 unspecified atom stereocenters. The minimum atomic E-state index is -1.77. The Morgan fingerprint density at radius 1 is 1.23 bits per heavy atom. The summed E-state index contributed by atoms with van der Waals surface area (Å²) in [5.74, 6) is 0. The first kappa shape index (κ1) is 10.4. The molecule has 72 valence electrons. The predicted octanol–water partition coefficient (Wildman–Crippen LogP) is 2.12. The third kappa shape index (κ3) is 2.15. The molecule has 3 nitrogen and oxygen atoms in total. The molecule has 1 atom stereocenters. The van der Waals surface area contributed by atoms with Crippen LogP contribution in [-0.4, -0.2) is 9.47 Å². The van der Waals surface area contributed by atoms with E-state index in [2.05, 4.69) is 4.33 Å². The van der Waals surface area contributed by atoms with Crippen LogP contribution in [0.2, 0.25) is 0 Å². The van der Waals surface area contributed by atoms with Crippen molar-refractivity contribution in [2.24, 2.45) is 0 Å². The molecule has 1 aromatic rings. The van der Waals surface area contributed by atoms with E-state index in [4.69, 9.17) is 5.26 Å². The highest BCUT2D eigenvalue weighted by Crippen LogP contribution is 2.20. The van der Waals surface area contributed by atoms with Gasteiger partial charge in [0.2, 0.25) is 11.1 Å². The fourth-order valence-corrected chi connectivity index (χ4v) is 2.19. The molecule has 0 radical (unpaired) electrons. The molecule has 0 aliphatic rings. The fraction of sp³-hybridized carbons (Fsp3) is 0.333. The average molecular weight is 200 g/mol. The molecule has 0 aliphatic heterocycles. The van der Waals surface area contributed by atoms with Crippen LogP contribution >= 0.6 is 0 Å². The monoisotopic (exact) mass is 200 g/mol. The van der Waals surface area contributed by atoms with E-state index in [9.17, 15) is 4.21 Å². The largest absolute Gasteiger partial charge is 0.237 e. The highest BCUT2D eigenvalue weighted by Gasteiger charge is 2.11. The molecular formula is C9H12O3S. The summed E-state index contributed by atoms with van der Waals surface area (Å²) in [7, 11) is 0. The van der Waals surface area contributed by atoms with Crippen LogP contribution in [0.15, 0.2) is 17.0 Å². The summed E-state index contributed by atoms with van der Waals surface area (Å²) in [6.07, 6.45) is 0. The zero-order valence-corrected chi connectivity index (χ0v) is 8.64. The van der Waals surface area contributed by atoms with Crippen LogP contribution < -0.4 is 0 Å². The molecule has 0 fully saturated rings. The van der Waals surface area contributed by atoms with Crippen molar-refractivity contribution in [2.45, 2.75) is 25.7 Å². The first-order valence-corrected chi connectivity index (χ1v) is 4.95. The van der Waals surface area contributed by atoms with Crippen molar-refractivity contribution in [3.63, 3.8) is 0 Å². The van der Waals surface area contributed by atoms with Gasteiger partial charge in [-0.25, -0.2) is 9.47 Å². The summed E-state index contributed by atoms with van der Waals surface area (Å²) in [5.41, 5.74) is 2.84. The van der Waals surface area contributed by atoms with Crippen LogP contribution in [0.3, 0.4) is 0 Å². The Morgan fingerprint density at radius 2 is 1.69 bits per heavy atom. The van der Waals surface area contributed by atoms with Gasteiger partial charge in [-0.1, -0.05) is 17.7 Å². The van der Waals surface area contributed by atoms with Gasteiger partial charge in [0.25, 0.3) is 0 Å². The van der Waals surface area contributed by atoms with E-state index in [1.54, 1.807) is 0 Å². The topological polar surface area (TPSA) is 46.5 Å². The van der Waals surface area contributed by atoms with E-state index in [0.717, 1.165) is 16.7 Å². The Balaban J connectivity index is 3.28. The smallest absolute Gasteiger partial charge is 0.220 e. The highest BCUT2D eigenvalue weighted by molar-refractivity contribution is 7.80. The Morgan fingerprint density at radius 3 is 2.08 bits per heavy atom. The van der Waals surface area contributed by atoms with Gasteiger partial charge in [0.05, 0.1) is 4.90 Å². The van der Waals surface area contributed by atoms with Crippen LogP contribution in [0, 0.1) is 20.8 Å². The van der Waals surface area contributed by atoms with E-state index in [1.165, 1.54) is 0 Å². The summed E-state index contributed by atoms with van der Waals surface area (Å²) < 4.78 is 15.0. The summed E-state index contributed by atoms with van der Waals surface area (Å²) in [6.45, 7) is 5.64. The van der Waals surface area contributed by atoms with Crippen molar-refractivity contribution < 1.29 is 13.8 Å². The molecule has 13 heavy (non-hydrogen) atoms. The van der Waals surface area contributed by atoms with Crippen LogP contribution in [0.1, 0.15) is 16.7 Å². The molecule has 1 aromatic carbocycles. The minimum absolute atomic E-state index is 0.549. The zero-order chi connectivity index (χ0) is 10.0. The second kappa shape index (κ2) is 4.00. The minimum Gasteiger partial charge on any atom is -0.237 e. The lowest BCUT2D eigenvalue weighted by atomic mass is 10.1. The quantitative estimate of drug-likeness (QED) is 0.587. The van der Waals surface area contributed by atoms with Crippen molar-refractivity contribution in [3.8, 4) is 0 Å². The zero-order valence-electron chi connectivity index (χ0n) is 7.83. The molecular weight excluding hydrogens is 188 g/mol. The summed E-state index contributed by atoms with van der Waals surface area (Å²) in [6, 6.07) is 3.80. The SMILES string of the molecule is Cc1cc(C)c(S(=O)OO)c(C)c1. The standard InChI is InChI=1S/C9H12O3S/c1-6-4-7(2)9(8(3)5-6)13(11)12-10/h4-5,10H,1-3H3. The van der Waals surface area contributed by atoms with E-state index in [-0.39, 0.29) is 0 Å². The van der Waals surface area contributed by atoms with Crippen LogP contribution in [-0.2, 0) is 15.4 Å². The van der Waals surface area contributed by atoms with Crippen molar-refractivity contribution in [1.82, 2.24) is 0 Å². The van der Waals surface area contributed by atoms with Crippen LogP contribution in [0.5, 0.6) is 0 Å². The first-order valence-electron chi connectivity index (χ1n) is 3.87. The van der Waals surface area contributed by atoms with Gasteiger partial charge in [-0.2, -0.15) is 0 Å². The molecule has 1 N–H and O–H groups in total. The fourth-order valence-electron chi connectivity index (χ4n) is 1.47. The first-order chi connectivity index (χ1) is 6.06. The van der Waals surface area contributed by atoms with E-state index in [0.29, 0.717) is 4.90 Å². The number of hydrogen-bond donors (Lipinski definition) is 1. The number of hydrogen-bond acceptors (Lipinski definition) is 3. The lowest BCUT2D eigenvalue weighted by Crippen LogP contribution is -2.00. The maximum absolute atomic E-state index is 11.2. The van der Waals surface area contributed by atoms with Crippen molar-refractivity contribution in [1.29, 1.82) is 0 Å². The van der Waals surface area contributed by atoms with Gasteiger partial charge in [0.15, 0.2) is 0 Å². The van der Waals surface area contributed by atoms with Crippen molar-refractivity contribution in [2.75, 3.05) is 0 Å². The molecule has 0 saturated carbocycles. The van der Waals surface area contributed by atoms with Crippen LogP contribution in [0.4, 0.5) is 0 Å². The average Bonchev–Trinajstić information content (AvgIpc) is 2.02. The third-order valence-corrected chi connectivity index (χ3v) is 2.95. The molecule has 4 heteroatoms. The van der Waals surface area contributed by atoms with Gasteiger partial charge in [0, 0.05) is 0 Å². The van der Waals surface area contributed by atoms with Crippen molar-refractivity contribution in [3.05, 3.63) is 28.8 Å². The Hall–Kier alpha value is -0.710. The van der Waals surface area contributed by atoms with Gasteiger partial charge in [-0.05, 0) is 31.9 Å². The molecule has 1 rings (SSSR count). The lowest BCUT2D eigenvalue weighted by Gasteiger charge is -2.07. The van der Waals surface area contributed by atoms with Crippen LogP contribution in [0.25, 0.3) is 0 Å². The molecule has 0 saturated heterocycles. The second-order valence-electron chi connectivity index (χ2n) is 3.04. The normalized spacial score (nSPS) is 12.9. The van der Waals surface area contributed by atoms with Gasteiger partial charge < -0.3 is 0 Å². The molecule has 0 spiro atoms. The Bertz CT molecular complexity index is 324. The lowest BCUT2D eigenvalue weighted by molar-refractivity contribution is -0.124. The van der Waals surface area contributed by atoms with E-state index in [1.807, 2.05) is 32.9 Å². The maximum atomic E-state index is 11.2. The van der Waals surface area contributed by atoms with E-state index < -0.39 is 11.1 Å². The van der Waals surface area contributed by atoms with Gasteiger partial charge in [-0.3, -0.25) is 0 Å². The Labute approximate surface area is 79.9 Å². The van der Waals surface area contributed by atoms with Gasteiger partial charge in [-0.15, -0.1) is 4.33 Å². The third-order valence-electron chi connectivity index (χ3n) is 1.84. The molecule has 0 amide bonds. The van der Waals surface area contributed by atoms with Gasteiger partial charge in [0.1, 0.15) is 0 Å². The van der Waals surface area contributed by atoms with Crippen molar-refractivity contribution >= 4 is 11.1 Å². The molecule has 0 heterocycles. The number of aryl methyl sites for hydroxylation is 3. The molecule has 0 aromatic heterocycles. The maximum Gasteiger partial charge on any atom is 0.220 e. The Kier molecular flexibility index (Phi) is 3.19. The number of rotatable bonds is 2. The van der Waals surface area contributed by atoms with E-state index >= 15 is 0 Å². The second-order valence-corrected chi connectivity index (χ2v) is 4.06. The highest BCUT2D eigenvalue weighted by atomic mass is 32.2. The molecule has 0 aliphatic carbocycles. The summed E-state index contributed by atoms with van der Waals surface area (Å²) in [4.78, 5) is 0.549. The summed E-state index contributed by atoms with van der Waals surface area (Å²) in [5, 5.41) is 8.31. The van der Waals surface area contributed by atoms with Gasteiger partial charge >= 0.3 is 0 Å². The summed E-state index contributed by atoms with van der Waals surface area (Å²) >= 11 is -1.77. The predicted molar refractivity (Wildman–Crippen MR) is 50.8 cm³/mol. The molecule has 0 bridgehead atoms. The number of benzene rings is 1.